The van der Waals surface area contributed by atoms with Gasteiger partial charge < -0.3 is 10.3 Å². The van der Waals surface area contributed by atoms with Crippen LogP contribution in [-0.4, -0.2) is 23.2 Å². The van der Waals surface area contributed by atoms with E-state index in [-0.39, 0.29) is 5.91 Å². The normalized spacial score (nSPS) is 10.2. The monoisotopic (exact) mass is 258 g/mol. The first-order valence-electron chi connectivity index (χ1n) is 5.70. The maximum absolute atomic E-state index is 11.5. The van der Waals surface area contributed by atoms with Crippen LogP contribution in [0.3, 0.4) is 0 Å². The number of carbonyl (C=O) groups is 1. The van der Waals surface area contributed by atoms with Crippen LogP contribution in [0, 0.1) is 12.3 Å². The summed E-state index contributed by atoms with van der Waals surface area (Å²) in [6, 6.07) is 8.05. The zero-order valence-electron chi connectivity index (χ0n) is 9.90. The van der Waals surface area contributed by atoms with Gasteiger partial charge in [0.1, 0.15) is 0 Å². The number of aromatic amines is 1. The standard InChI is InChI=1S/C14H14N2OS/c1-2-3-8-15-14(17)10-18-13-9-16-12-7-5-4-6-11(12)13/h1,4-7,9,16H,3,8,10H2,(H,15,17). The van der Waals surface area contributed by atoms with Crippen molar-refractivity contribution in [3.05, 3.63) is 30.5 Å². The molecule has 0 aliphatic heterocycles. The molecular weight excluding hydrogens is 244 g/mol. The number of terminal acetylenes is 1. The number of amides is 1. The molecular formula is C14H14N2OS. The SMILES string of the molecule is C#CCCNC(=O)CSc1c[nH]c2ccccc12. The molecule has 0 saturated carbocycles. The third-order valence-electron chi connectivity index (χ3n) is 2.50. The molecule has 2 N–H and O–H groups in total. The number of H-pyrrole nitrogens is 1. The molecule has 0 bridgehead atoms. The van der Waals surface area contributed by atoms with Crippen molar-refractivity contribution in [1.29, 1.82) is 0 Å². The van der Waals surface area contributed by atoms with Crippen LogP contribution < -0.4 is 5.32 Å². The Bertz CT molecular complexity index is 583. The van der Waals surface area contributed by atoms with E-state index in [9.17, 15) is 4.79 Å². The Hall–Kier alpha value is -1.86. The van der Waals surface area contributed by atoms with E-state index >= 15 is 0 Å². The van der Waals surface area contributed by atoms with Crippen molar-refractivity contribution in [2.24, 2.45) is 0 Å². The third kappa shape index (κ3) is 3.08. The van der Waals surface area contributed by atoms with Crippen LogP contribution in [0.4, 0.5) is 0 Å². The zero-order chi connectivity index (χ0) is 12.8. The second kappa shape index (κ2) is 6.18. The van der Waals surface area contributed by atoms with Gasteiger partial charge >= 0.3 is 0 Å². The van der Waals surface area contributed by atoms with Crippen LogP contribution in [0.15, 0.2) is 35.4 Å². The number of thioether (sulfide) groups is 1. The van der Waals surface area contributed by atoms with E-state index in [4.69, 9.17) is 6.42 Å². The zero-order valence-corrected chi connectivity index (χ0v) is 10.7. The highest BCUT2D eigenvalue weighted by Gasteiger charge is 2.06. The van der Waals surface area contributed by atoms with Gasteiger partial charge in [-0.1, -0.05) is 18.2 Å². The van der Waals surface area contributed by atoms with Gasteiger partial charge in [-0.05, 0) is 6.07 Å². The quantitative estimate of drug-likeness (QED) is 0.491. The summed E-state index contributed by atoms with van der Waals surface area (Å²) < 4.78 is 0. The van der Waals surface area contributed by atoms with E-state index in [1.807, 2.05) is 30.5 Å². The Balaban J connectivity index is 1.90. The van der Waals surface area contributed by atoms with Crippen LogP contribution >= 0.6 is 11.8 Å². The molecule has 92 valence electrons. The van der Waals surface area contributed by atoms with Gasteiger partial charge in [0, 0.05) is 35.0 Å². The summed E-state index contributed by atoms with van der Waals surface area (Å²) >= 11 is 1.53. The number of rotatable bonds is 5. The Kier molecular flexibility index (Phi) is 4.32. The second-order valence-electron chi connectivity index (χ2n) is 3.79. The first kappa shape index (κ1) is 12.6. The molecule has 1 aromatic carbocycles. The van der Waals surface area contributed by atoms with Gasteiger partial charge in [0.05, 0.1) is 5.75 Å². The fourth-order valence-electron chi connectivity index (χ4n) is 1.63. The van der Waals surface area contributed by atoms with Crippen LogP contribution in [-0.2, 0) is 4.79 Å². The summed E-state index contributed by atoms with van der Waals surface area (Å²) in [7, 11) is 0. The van der Waals surface area contributed by atoms with Crippen LogP contribution in [0.2, 0.25) is 0 Å². The van der Waals surface area contributed by atoms with E-state index in [1.54, 1.807) is 0 Å². The average molecular weight is 258 g/mol. The molecule has 0 aliphatic rings. The third-order valence-corrected chi connectivity index (χ3v) is 3.56. The number of hydrogen-bond donors (Lipinski definition) is 2. The van der Waals surface area contributed by atoms with Crippen LogP contribution in [0.5, 0.6) is 0 Å². The minimum Gasteiger partial charge on any atom is -0.360 e. The number of nitrogens with one attached hydrogen (secondary N) is 2. The first-order chi connectivity index (χ1) is 8.81. The van der Waals surface area contributed by atoms with Gasteiger partial charge in [0.15, 0.2) is 0 Å². The lowest BCUT2D eigenvalue weighted by atomic mass is 10.2. The van der Waals surface area contributed by atoms with Gasteiger partial charge in [-0.15, -0.1) is 24.1 Å². The molecule has 0 fully saturated rings. The number of carbonyl (C=O) groups excluding carboxylic acids is 1. The van der Waals surface area contributed by atoms with Gasteiger partial charge in [-0.25, -0.2) is 0 Å². The lowest BCUT2D eigenvalue weighted by Crippen LogP contribution is -2.25. The van der Waals surface area contributed by atoms with Gasteiger partial charge in [0.2, 0.25) is 5.91 Å². The molecule has 4 heteroatoms. The molecule has 0 spiro atoms. The predicted molar refractivity (Wildman–Crippen MR) is 75.5 cm³/mol. The number of aromatic nitrogens is 1. The molecule has 2 aromatic rings. The van der Waals surface area contributed by atoms with Crippen molar-refractivity contribution in [2.75, 3.05) is 12.3 Å². The van der Waals surface area contributed by atoms with Gasteiger partial charge in [-0.2, -0.15) is 0 Å². The van der Waals surface area contributed by atoms with E-state index < -0.39 is 0 Å². The van der Waals surface area contributed by atoms with Crippen molar-refractivity contribution in [2.45, 2.75) is 11.3 Å². The van der Waals surface area contributed by atoms with E-state index in [0.29, 0.717) is 18.7 Å². The van der Waals surface area contributed by atoms with Crippen molar-refractivity contribution in [3.63, 3.8) is 0 Å². The molecule has 1 heterocycles. The van der Waals surface area contributed by atoms with E-state index in [1.165, 1.54) is 11.8 Å². The second-order valence-corrected chi connectivity index (χ2v) is 4.81. The van der Waals surface area contributed by atoms with Gasteiger partial charge in [0.25, 0.3) is 0 Å². The maximum atomic E-state index is 11.5. The van der Waals surface area contributed by atoms with Crippen molar-refractivity contribution in [3.8, 4) is 12.3 Å². The van der Waals surface area contributed by atoms with Gasteiger partial charge in [-0.3, -0.25) is 4.79 Å². The highest BCUT2D eigenvalue weighted by Crippen LogP contribution is 2.27. The molecule has 0 radical (unpaired) electrons. The summed E-state index contributed by atoms with van der Waals surface area (Å²) in [5.41, 5.74) is 1.09. The minimum atomic E-state index is 0.0144. The van der Waals surface area contributed by atoms with E-state index in [2.05, 4.69) is 16.2 Å². The Morgan fingerprint density at radius 2 is 2.28 bits per heavy atom. The lowest BCUT2D eigenvalue weighted by Gasteiger charge is -2.02. The van der Waals surface area contributed by atoms with E-state index in [0.717, 1.165) is 15.8 Å². The average Bonchev–Trinajstić information content (AvgIpc) is 2.80. The Morgan fingerprint density at radius 1 is 1.44 bits per heavy atom. The highest BCUT2D eigenvalue weighted by molar-refractivity contribution is 8.00. The van der Waals surface area contributed by atoms with Crippen molar-refractivity contribution in [1.82, 2.24) is 10.3 Å². The predicted octanol–water partition coefficient (Wildman–Crippen LogP) is 2.40. The smallest absolute Gasteiger partial charge is 0.230 e. The van der Waals surface area contributed by atoms with Crippen molar-refractivity contribution >= 4 is 28.6 Å². The first-order valence-corrected chi connectivity index (χ1v) is 6.69. The molecule has 1 amide bonds. The molecule has 2 rings (SSSR count). The number of para-hydroxylation sites is 1. The topological polar surface area (TPSA) is 44.9 Å². The summed E-state index contributed by atoms with van der Waals surface area (Å²) in [6.45, 7) is 0.545. The molecule has 3 nitrogen and oxygen atoms in total. The fourth-order valence-corrected chi connectivity index (χ4v) is 2.50. The number of fused-ring (bicyclic) bond motifs is 1. The molecule has 18 heavy (non-hydrogen) atoms. The largest absolute Gasteiger partial charge is 0.360 e. The lowest BCUT2D eigenvalue weighted by molar-refractivity contribution is -0.118. The minimum absolute atomic E-state index is 0.0144. The van der Waals surface area contributed by atoms with Crippen LogP contribution in [0.1, 0.15) is 6.42 Å². The Morgan fingerprint density at radius 3 is 3.11 bits per heavy atom. The van der Waals surface area contributed by atoms with Crippen LogP contribution in [0.25, 0.3) is 10.9 Å². The summed E-state index contributed by atoms with van der Waals surface area (Å²) in [5.74, 6) is 2.91. The summed E-state index contributed by atoms with van der Waals surface area (Å²) in [6.07, 6.45) is 7.62. The summed E-state index contributed by atoms with van der Waals surface area (Å²) in [5, 5.41) is 3.93. The molecule has 0 saturated heterocycles. The fraction of sp³-hybridized carbons (Fsp3) is 0.214. The molecule has 1 aromatic heterocycles. The molecule has 0 aliphatic carbocycles. The Labute approximate surface area is 110 Å². The molecule has 0 atom stereocenters. The maximum Gasteiger partial charge on any atom is 0.230 e. The van der Waals surface area contributed by atoms with Crippen molar-refractivity contribution < 1.29 is 4.79 Å². The molecule has 0 unspecified atom stereocenters. The number of benzene rings is 1. The number of hydrogen-bond acceptors (Lipinski definition) is 2. The highest BCUT2D eigenvalue weighted by atomic mass is 32.2. The summed E-state index contributed by atoms with van der Waals surface area (Å²) in [4.78, 5) is 15.8.